The van der Waals surface area contributed by atoms with Crippen molar-refractivity contribution in [2.45, 2.75) is 6.04 Å². The largest absolute Gasteiger partial charge is 0.329 e. The Balaban J connectivity index is 3.39. The molecule has 0 aliphatic heterocycles. The van der Waals surface area contributed by atoms with Gasteiger partial charge in [0.25, 0.3) is 0 Å². The predicted molar refractivity (Wildman–Crippen MR) is 42.3 cm³/mol. The first-order valence-corrected chi connectivity index (χ1v) is 3.77. The summed E-state index contributed by atoms with van der Waals surface area (Å²) < 4.78 is 51.2. The topological polar surface area (TPSA) is 52.0 Å². The summed E-state index contributed by atoms with van der Waals surface area (Å²) in [5.41, 5.74) is 9.38. The Labute approximate surface area is 77.5 Å². The molecule has 14 heavy (non-hydrogen) atoms. The molecule has 0 radical (unpaired) electrons. The third-order valence-electron chi connectivity index (χ3n) is 1.77. The van der Waals surface area contributed by atoms with Crippen LogP contribution in [0.15, 0.2) is 6.07 Å². The van der Waals surface area contributed by atoms with Crippen molar-refractivity contribution in [2.24, 2.45) is 11.5 Å². The van der Waals surface area contributed by atoms with E-state index in [1.54, 1.807) is 0 Å². The molecule has 0 bridgehead atoms. The molecule has 78 valence electrons. The van der Waals surface area contributed by atoms with Crippen LogP contribution in [0.1, 0.15) is 11.6 Å². The smallest absolute Gasteiger partial charge is 0.166 e. The molecule has 0 unspecified atom stereocenters. The third-order valence-corrected chi connectivity index (χ3v) is 1.77. The minimum Gasteiger partial charge on any atom is -0.329 e. The van der Waals surface area contributed by atoms with Gasteiger partial charge in [0.1, 0.15) is 0 Å². The van der Waals surface area contributed by atoms with E-state index in [1.165, 1.54) is 0 Å². The van der Waals surface area contributed by atoms with Crippen LogP contribution in [0.5, 0.6) is 0 Å². The van der Waals surface area contributed by atoms with Crippen LogP contribution in [0, 0.1) is 23.3 Å². The summed E-state index contributed by atoms with van der Waals surface area (Å²) >= 11 is 0. The molecular formula is C8H8F4N2. The van der Waals surface area contributed by atoms with Gasteiger partial charge in [0.05, 0.1) is 0 Å². The van der Waals surface area contributed by atoms with Gasteiger partial charge >= 0.3 is 0 Å². The lowest BCUT2D eigenvalue weighted by Crippen LogP contribution is -2.24. The molecule has 1 rings (SSSR count). The van der Waals surface area contributed by atoms with Crippen LogP contribution < -0.4 is 11.5 Å². The summed E-state index contributed by atoms with van der Waals surface area (Å²) in [6.45, 7) is -0.309. The first-order valence-electron chi connectivity index (χ1n) is 3.77. The van der Waals surface area contributed by atoms with Crippen molar-refractivity contribution in [1.82, 2.24) is 0 Å². The average molecular weight is 208 g/mol. The quantitative estimate of drug-likeness (QED) is 0.566. The van der Waals surface area contributed by atoms with Gasteiger partial charge in [0.2, 0.25) is 0 Å². The van der Waals surface area contributed by atoms with E-state index in [2.05, 4.69) is 0 Å². The second-order valence-corrected chi connectivity index (χ2v) is 2.72. The molecule has 1 atom stereocenters. The molecule has 0 aliphatic carbocycles. The Hall–Kier alpha value is -1.14. The highest BCUT2D eigenvalue weighted by molar-refractivity contribution is 5.25. The maximum atomic E-state index is 13.0. The molecule has 0 saturated heterocycles. The van der Waals surface area contributed by atoms with Crippen LogP contribution in [0.3, 0.4) is 0 Å². The van der Waals surface area contributed by atoms with Gasteiger partial charge in [-0.2, -0.15) is 0 Å². The highest BCUT2D eigenvalue weighted by atomic mass is 19.2. The van der Waals surface area contributed by atoms with E-state index >= 15 is 0 Å². The molecule has 6 heteroatoms. The molecule has 0 fully saturated rings. The standard InChI is InChI=1S/C8H8F4N2/c9-3-1-4(10)8(12)6(7(3)11)5(14)2-13/h1,5H,2,13-14H2/t5-/m0/s1. The average Bonchev–Trinajstić information content (AvgIpc) is 2.15. The van der Waals surface area contributed by atoms with Crippen molar-refractivity contribution < 1.29 is 17.6 Å². The van der Waals surface area contributed by atoms with Crippen molar-refractivity contribution in [1.29, 1.82) is 0 Å². The van der Waals surface area contributed by atoms with Gasteiger partial charge in [0.15, 0.2) is 23.3 Å². The normalized spacial score (nSPS) is 13.0. The van der Waals surface area contributed by atoms with Crippen molar-refractivity contribution in [2.75, 3.05) is 6.54 Å². The molecule has 0 aromatic heterocycles. The van der Waals surface area contributed by atoms with Gasteiger partial charge in [-0.3, -0.25) is 0 Å². The summed E-state index contributed by atoms with van der Waals surface area (Å²) in [6.07, 6.45) is 0. The van der Waals surface area contributed by atoms with E-state index in [-0.39, 0.29) is 12.6 Å². The Morgan fingerprint density at radius 1 is 1.07 bits per heavy atom. The molecular weight excluding hydrogens is 200 g/mol. The van der Waals surface area contributed by atoms with Gasteiger partial charge in [-0.15, -0.1) is 0 Å². The van der Waals surface area contributed by atoms with Crippen LogP contribution in [0.25, 0.3) is 0 Å². The zero-order chi connectivity index (χ0) is 10.9. The van der Waals surface area contributed by atoms with Crippen LogP contribution in [-0.2, 0) is 0 Å². The fourth-order valence-corrected chi connectivity index (χ4v) is 1.04. The van der Waals surface area contributed by atoms with Gasteiger partial charge in [-0.05, 0) is 0 Å². The van der Waals surface area contributed by atoms with Crippen molar-refractivity contribution in [3.63, 3.8) is 0 Å². The number of nitrogens with two attached hydrogens (primary N) is 2. The van der Waals surface area contributed by atoms with Gasteiger partial charge < -0.3 is 11.5 Å². The van der Waals surface area contributed by atoms with E-state index < -0.39 is 34.9 Å². The first kappa shape index (κ1) is 10.9. The number of rotatable bonds is 2. The van der Waals surface area contributed by atoms with Crippen molar-refractivity contribution >= 4 is 0 Å². The number of hydrogen-bond donors (Lipinski definition) is 2. The van der Waals surface area contributed by atoms with Crippen LogP contribution in [0.2, 0.25) is 0 Å². The Bertz CT molecular complexity index is 327. The summed E-state index contributed by atoms with van der Waals surface area (Å²) in [7, 11) is 0. The minimum atomic E-state index is -1.50. The Morgan fingerprint density at radius 2 is 1.50 bits per heavy atom. The fourth-order valence-electron chi connectivity index (χ4n) is 1.04. The second kappa shape index (κ2) is 3.93. The van der Waals surface area contributed by atoms with Gasteiger partial charge in [-0.1, -0.05) is 0 Å². The lowest BCUT2D eigenvalue weighted by molar-refractivity contribution is 0.427. The highest BCUT2D eigenvalue weighted by Gasteiger charge is 2.22. The fraction of sp³-hybridized carbons (Fsp3) is 0.250. The summed E-state index contributed by atoms with van der Waals surface area (Å²) in [5, 5.41) is 0. The van der Waals surface area contributed by atoms with Crippen molar-refractivity contribution in [3.05, 3.63) is 34.9 Å². The van der Waals surface area contributed by atoms with E-state index in [4.69, 9.17) is 11.5 Å². The van der Waals surface area contributed by atoms with Crippen LogP contribution >= 0.6 is 0 Å². The first-order chi connectivity index (χ1) is 6.49. The number of hydrogen-bond acceptors (Lipinski definition) is 2. The van der Waals surface area contributed by atoms with E-state index in [0.717, 1.165) is 0 Å². The predicted octanol–water partition coefficient (Wildman–Crippen LogP) is 1.20. The minimum absolute atomic E-state index is 0.122. The molecule has 1 aromatic rings. The van der Waals surface area contributed by atoms with E-state index in [9.17, 15) is 17.6 Å². The number of halogens is 4. The molecule has 1 aromatic carbocycles. The van der Waals surface area contributed by atoms with E-state index in [1.807, 2.05) is 0 Å². The zero-order valence-corrected chi connectivity index (χ0v) is 7.03. The molecule has 0 amide bonds. The molecule has 4 N–H and O–H groups in total. The van der Waals surface area contributed by atoms with Gasteiger partial charge in [-0.25, -0.2) is 17.6 Å². The maximum absolute atomic E-state index is 13.0. The highest BCUT2D eigenvalue weighted by Crippen LogP contribution is 2.23. The van der Waals surface area contributed by atoms with Crippen LogP contribution in [-0.4, -0.2) is 6.54 Å². The zero-order valence-electron chi connectivity index (χ0n) is 7.03. The van der Waals surface area contributed by atoms with E-state index in [0.29, 0.717) is 0 Å². The molecule has 0 heterocycles. The molecule has 0 spiro atoms. The van der Waals surface area contributed by atoms with Crippen molar-refractivity contribution in [3.8, 4) is 0 Å². The Kier molecular flexibility index (Phi) is 3.07. The SMILES string of the molecule is NC[C@H](N)c1c(F)c(F)cc(F)c1F. The molecule has 0 saturated carbocycles. The lowest BCUT2D eigenvalue weighted by atomic mass is 10.1. The summed E-state index contributed by atoms with van der Waals surface area (Å²) in [6, 6.07) is -1.14. The third kappa shape index (κ3) is 1.71. The number of benzene rings is 1. The summed E-state index contributed by atoms with van der Waals surface area (Å²) in [4.78, 5) is 0. The van der Waals surface area contributed by atoms with Crippen LogP contribution in [0.4, 0.5) is 17.6 Å². The molecule has 0 aliphatic rings. The monoisotopic (exact) mass is 208 g/mol. The Morgan fingerprint density at radius 3 is 1.86 bits per heavy atom. The maximum Gasteiger partial charge on any atom is 0.166 e. The van der Waals surface area contributed by atoms with Gasteiger partial charge in [0, 0.05) is 24.2 Å². The molecule has 2 nitrogen and oxygen atoms in total. The second-order valence-electron chi connectivity index (χ2n) is 2.72. The lowest BCUT2D eigenvalue weighted by Gasteiger charge is -2.12. The summed E-state index contributed by atoms with van der Waals surface area (Å²) in [5.74, 6) is -5.96.